The van der Waals surface area contributed by atoms with Gasteiger partial charge in [-0.15, -0.1) is 0 Å². The Morgan fingerprint density at radius 2 is 1.83 bits per heavy atom. The van der Waals surface area contributed by atoms with Crippen molar-refractivity contribution in [3.63, 3.8) is 0 Å². The van der Waals surface area contributed by atoms with E-state index >= 15 is 0 Å². The van der Waals surface area contributed by atoms with Crippen LogP contribution in [-0.4, -0.2) is 18.3 Å². The van der Waals surface area contributed by atoms with Crippen LogP contribution in [0.1, 0.15) is 0 Å². The molecule has 120 valence electrons. The summed E-state index contributed by atoms with van der Waals surface area (Å²) in [5.74, 6) is 1.19. The van der Waals surface area contributed by atoms with Crippen LogP contribution in [0, 0.1) is 0 Å². The van der Waals surface area contributed by atoms with Crippen molar-refractivity contribution in [2.45, 2.75) is 0 Å². The Bertz CT molecular complexity index is 722. The van der Waals surface area contributed by atoms with Gasteiger partial charge in [0.15, 0.2) is 5.11 Å². The minimum absolute atomic E-state index is 0.0786. The number of nitrogens with two attached hydrogens (primary N) is 1. The SMILES string of the molecule is COC(=O)NC(=S)Nc1ccc(Oc2ccc(Cl)cc2)cc1N. The van der Waals surface area contributed by atoms with Crippen LogP contribution in [0.2, 0.25) is 5.02 Å². The number of hydrogen-bond donors (Lipinski definition) is 3. The van der Waals surface area contributed by atoms with Gasteiger partial charge >= 0.3 is 6.09 Å². The van der Waals surface area contributed by atoms with E-state index in [9.17, 15) is 4.79 Å². The zero-order valence-corrected chi connectivity index (χ0v) is 13.7. The largest absolute Gasteiger partial charge is 0.457 e. The number of anilines is 2. The van der Waals surface area contributed by atoms with Crippen LogP contribution in [-0.2, 0) is 4.74 Å². The molecule has 0 heterocycles. The standard InChI is InChI=1S/C15H14ClN3O3S/c1-21-15(20)19-14(23)18-13-7-6-11(8-12(13)17)22-10-4-2-9(16)3-5-10/h2-8H,17H2,1H3,(H2,18,19,20,23). The average Bonchev–Trinajstić information content (AvgIpc) is 2.52. The molecule has 0 aliphatic carbocycles. The van der Waals surface area contributed by atoms with Crippen LogP contribution in [0.15, 0.2) is 42.5 Å². The highest BCUT2D eigenvalue weighted by atomic mass is 35.5. The van der Waals surface area contributed by atoms with E-state index in [2.05, 4.69) is 15.4 Å². The van der Waals surface area contributed by atoms with Gasteiger partial charge in [-0.3, -0.25) is 5.32 Å². The number of alkyl carbamates (subject to hydrolysis) is 1. The van der Waals surface area contributed by atoms with Gasteiger partial charge in [0.1, 0.15) is 11.5 Å². The van der Waals surface area contributed by atoms with Crippen molar-refractivity contribution in [1.29, 1.82) is 0 Å². The second-order valence-corrected chi connectivity index (χ2v) is 5.22. The molecule has 0 spiro atoms. The number of halogens is 1. The third-order valence-corrected chi connectivity index (χ3v) is 3.18. The number of ether oxygens (including phenoxy) is 2. The fraction of sp³-hybridized carbons (Fsp3) is 0.0667. The third-order valence-electron chi connectivity index (χ3n) is 2.72. The topological polar surface area (TPSA) is 85.6 Å². The number of nitrogen functional groups attached to an aromatic ring is 1. The van der Waals surface area contributed by atoms with Crippen molar-refractivity contribution in [3.8, 4) is 11.5 Å². The Labute approximate surface area is 143 Å². The van der Waals surface area contributed by atoms with Crippen LogP contribution < -0.4 is 21.1 Å². The van der Waals surface area contributed by atoms with Gasteiger partial charge in [-0.05, 0) is 48.6 Å². The maximum absolute atomic E-state index is 11.1. The summed E-state index contributed by atoms with van der Waals surface area (Å²) in [4.78, 5) is 11.1. The number of carbonyl (C=O) groups excluding carboxylic acids is 1. The number of rotatable bonds is 3. The van der Waals surface area contributed by atoms with E-state index in [1.54, 1.807) is 42.5 Å². The fourth-order valence-corrected chi connectivity index (χ4v) is 1.97. The highest BCUT2D eigenvalue weighted by Gasteiger charge is 2.07. The van der Waals surface area contributed by atoms with E-state index in [-0.39, 0.29) is 5.11 Å². The Morgan fingerprint density at radius 1 is 1.17 bits per heavy atom. The monoisotopic (exact) mass is 351 g/mol. The molecule has 0 unspecified atom stereocenters. The molecule has 0 bridgehead atoms. The number of amides is 1. The summed E-state index contributed by atoms with van der Waals surface area (Å²) in [5.41, 5.74) is 6.89. The summed E-state index contributed by atoms with van der Waals surface area (Å²) < 4.78 is 10.1. The summed E-state index contributed by atoms with van der Waals surface area (Å²) in [6.45, 7) is 0. The zero-order valence-electron chi connectivity index (χ0n) is 12.1. The van der Waals surface area contributed by atoms with E-state index in [0.29, 0.717) is 27.9 Å². The van der Waals surface area contributed by atoms with Crippen molar-refractivity contribution < 1.29 is 14.3 Å². The Hall–Kier alpha value is -2.51. The molecule has 2 aromatic carbocycles. The summed E-state index contributed by atoms with van der Waals surface area (Å²) >= 11 is 10.8. The van der Waals surface area contributed by atoms with Gasteiger partial charge in [-0.2, -0.15) is 0 Å². The van der Waals surface area contributed by atoms with Crippen LogP contribution in [0.4, 0.5) is 16.2 Å². The third kappa shape index (κ3) is 5.01. The molecule has 6 nitrogen and oxygen atoms in total. The maximum Gasteiger partial charge on any atom is 0.413 e. The predicted molar refractivity (Wildman–Crippen MR) is 94.1 cm³/mol. The number of methoxy groups -OCH3 is 1. The average molecular weight is 352 g/mol. The number of thiocarbonyl (C=S) groups is 1. The molecule has 4 N–H and O–H groups in total. The van der Waals surface area contributed by atoms with Gasteiger partial charge in [0.2, 0.25) is 0 Å². The van der Waals surface area contributed by atoms with Crippen molar-refractivity contribution >= 4 is 46.4 Å². The number of benzene rings is 2. The Kier molecular flexibility index (Phi) is 5.61. The first-order valence-electron chi connectivity index (χ1n) is 6.47. The van der Waals surface area contributed by atoms with E-state index in [1.807, 2.05) is 0 Å². The van der Waals surface area contributed by atoms with Crippen LogP contribution in [0.3, 0.4) is 0 Å². The number of hydrogen-bond acceptors (Lipinski definition) is 5. The molecule has 0 aliphatic heterocycles. The molecule has 23 heavy (non-hydrogen) atoms. The molecule has 0 saturated carbocycles. The zero-order chi connectivity index (χ0) is 16.8. The quantitative estimate of drug-likeness (QED) is 0.576. The van der Waals surface area contributed by atoms with Crippen molar-refractivity contribution in [2.24, 2.45) is 0 Å². The van der Waals surface area contributed by atoms with E-state index < -0.39 is 6.09 Å². The van der Waals surface area contributed by atoms with Crippen molar-refractivity contribution in [2.75, 3.05) is 18.2 Å². The van der Waals surface area contributed by atoms with Gasteiger partial charge in [-0.25, -0.2) is 4.79 Å². The smallest absolute Gasteiger partial charge is 0.413 e. The molecule has 0 fully saturated rings. The minimum Gasteiger partial charge on any atom is -0.457 e. The lowest BCUT2D eigenvalue weighted by Gasteiger charge is -2.12. The van der Waals surface area contributed by atoms with Gasteiger partial charge in [-0.1, -0.05) is 11.6 Å². The van der Waals surface area contributed by atoms with Gasteiger partial charge < -0.3 is 20.5 Å². The summed E-state index contributed by atoms with van der Waals surface area (Å²) in [5, 5.41) is 5.83. The molecule has 0 aromatic heterocycles. The lowest BCUT2D eigenvalue weighted by Crippen LogP contribution is -2.34. The Morgan fingerprint density at radius 3 is 2.43 bits per heavy atom. The first-order valence-corrected chi connectivity index (χ1v) is 7.25. The number of carbonyl (C=O) groups is 1. The van der Waals surface area contributed by atoms with E-state index in [1.165, 1.54) is 7.11 Å². The summed E-state index contributed by atoms with van der Waals surface area (Å²) in [7, 11) is 1.25. The highest BCUT2D eigenvalue weighted by molar-refractivity contribution is 7.80. The second kappa shape index (κ2) is 7.66. The normalized spacial score (nSPS) is 9.83. The Balaban J connectivity index is 2.04. The van der Waals surface area contributed by atoms with E-state index in [4.69, 9.17) is 34.3 Å². The van der Waals surface area contributed by atoms with Gasteiger partial charge in [0.25, 0.3) is 0 Å². The van der Waals surface area contributed by atoms with Gasteiger partial charge in [0, 0.05) is 11.1 Å². The molecule has 1 amide bonds. The minimum atomic E-state index is -0.663. The molecule has 0 saturated heterocycles. The first-order chi connectivity index (χ1) is 11.0. The predicted octanol–water partition coefficient (Wildman–Crippen LogP) is 3.77. The molecule has 0 atom stereocenters. The van der Waals surface area contributed by atoms with Crippen LogP contribution in [0.5, 0.6) is 11.5 Å². The second-order valence-electron chi connectivity index (χ2n) is 4.38. The van der Waals surface area contributed by atoms with Crippen molar-refractivity contribution in [3.05, 3.63) is 47.5 Å². The fourth-order valence-electron chi connectivity index (χ4n) is 1.65. The molecule has 0 radical (unpaired) electrons. The molecule has 0 aliphatic rings. The number of nitrogens with one attached hydrogen (secondary N) is 2. The molecular formula is C15H14ClN3O3S. The highest BCUT2D eigenvalue weighted by Crippen LogP contribution is 2.28. The van der Waals surface area contributed by atoms with Gasteiger partial charge in [0.05, 0.1) is 18.5 Å². The van der Waals surface area contributed by atoms with Crippen LogP contribution in [0.25, 0.3) is 0 Å². The van der Waals surface area contributed by atoms with Crippen LogP contribution >= 0.6 is 23.8 Å². The summed E-state index contributed by atoms with van der Waals surface area (Å²) in [6, 6.07) is 12.0. The maximum atomic E-state index is 11.1. The molecular weight excluding hydrogens is 338 g/mol. The lowest BCUT2D eigenvalue weighted by molar-refractivity contribution is 0.177. The molecule has 2 aromatic rings. The molecule has 8 heteroatoms. The van der Waals surface area contributed by atoms with E-state index in [0.717, 1.165) is 0 Å². The summed E-state index contributed by atoms with van der Waals surface area (Å²) in [6.07, 6.45) is -0.663. The first kappa shape index (κ1) is 16.9. The molecule has 2 rings (SSSR count). The lowest BCUT2D eigenvalue weighted by atomic mass is 10.2. The van der Waals surface area contributed by atoms with Crippen molar-refractivity contribution in [1.82, 2.24) is 5.32 Å².